The molecule has 1 aromatic rings. The summed E-state index contributed by atoms with van der Waals surface area (Å²) in [5.41, 5.74) is 1.64. The van der Waals surface area contributed by atoms with Gasteiger partial charge >= 0.3 is 7.12 Å². The second-order valence-electron chi connectivity index (χ2n) is 3.57. The molecule has 3 nitrogen and oxygen atoms in total. The molecule has 0 radical (unpaired) electrons. The summed E-state index contributed by atoms with van der Waals surface area (Å²) in [5.74, 6) is 0. The minimum absolute atomic E-state index is 0.523. The van der Waals surface area contributed by atoms with E-state index >= 15 is 0 Å². The molecular weight excluding hydrogens is 271 g/mol. The third kappa shape index (κ3) is 5.12. The van der Waals surface area contributed by atoms with E-state index in [9.17, 15) is 0 Å². The van der Waals surface area contributed by atoms with Gasteiger partial charge in [0.25, 0.3) is 0 Å². The van der Waals surface area contributed by atoms with Gasteiger partial charge in [0, 0.05) is 18.5 Å². The predicted octanol–water partition coefficient (Wildman–Crippen LogP) is 1.06. The number of alkyl halides is 1. The van der Waals surface area contributed by atoms with Crippen LogP contribution in [0.15, 0.2) is 24.3 Å². The van der Waals surface area contributed by atoms with Gasteiger partial charge in [0.2, 0.25) is 0 Å². The molecule has 0 aliphatic carbocycles. The van der Waals surface area contributed by atoms with E-state index in [0.717, 1.165) is 24.1 Å². The first-order chi connectivity index (χ1) is 7.74. The van der Waals surface area contributed by atoms with Gasteiger partial charge in [-0.1, -0.05) is 40.2 Å². The van der Waals surface area contributed by atoms with Crippen molar-refractivity contribution in [3.05, 3.63) is 29.8 Å². The van der Waals surface area contributed by atoms with Crippen LogP contribution in [0.4, 0.5) is 0 Å². The zero-order valence-corrected chi connectivity index (χ0v) is 10.7. The highest BCUT2D eigenvalue weighted by Gasteiger charge is 2.08. The van der Waals surface area contributed by atoms with Gasteiger partial charge in [-0.25, -0.2) is 0 Å². The van der Waals surface area contributed by atoms with Crippen molar-refractivity contribution < 1.29 is 14.8 Å². The first-order valence-electron chi connectivity index (χ1n) is 5.32. The molecule has 16 heavy (non-hydrogen) atoms. The molecule has 0 spiro atoms. The molecule has 1 aromatic carbocycles. The van der Waals surface area contributed by atoms with Crippen molar-refractivity contribution in [1.29, 1.82) is 0 Å². The van der Waals surface area contributed by atoms with Crippen LogP contribution in [0.5, 0.6) is 0 Å². The average Bonchev–Trinajstić information content (AvgIpc) is 2.88. The van der Waals surface area contributed by atoms with Crippen molar-refractivity contribution >= 4 is 28.5 Å². The maximum absolute atomic E-state index is 8.73. The molecule has 1 heterocycles. The second kappa shape index (κ2) is 7.84. The summed E-state index contributed by atoms with van der Waals surface area (Å²) in [6.07, 6.45) is 2.56. The maximum Gasteiger partial charge on any atom is 0.488 e. The van der Waals surface area contributed by atoms with Crippen molar-refractivity contribution in [3.63, 3.8) is 0 Å². The van der Waals surface area contributed by atoms with Crippen LogP contribution in [-0.4, -0.2) is 30.4 Å². The van der Waals surface area contributed by atoms with Crippen LogP contribution < -0.4 is 5.46 Å². The average molecular weight is 287 g/mol. The molecule has 0 saturated carbocycles. The Morgan fingerprint density at radius 3 is 2.00 bits per heavy atom. The maximum atomic E-state index is 8.73. The predicted molar refractivity (Wildman–Crippen MR) is 69.0 cm³/mol. The van der Waals surface area contributed by atoms with E-state index in [2.05, 4.69) is 15.9 Å². The van der Waals surface area contributed by atoms with Crippen LogP contribution in [-0.2, 0) is 10.1 Å². The molecule has 1 saturated heterocycles. The fraction of sp³-hybridized carbons (Fsp3) is 0.455. The van der Waals surface area contributed by atoms with Crippen LogP contribution in [0.2, 0.25) is 0 Å². The van der Waals surface area contributed by atoms with Gasteiger partial charge in [-0.05, 0) is 23.9 Å². The Balaban J connectivity index is 0.000000212. The highest BCUT2D eigenvalue weighted by molar-refractivity contribution is 9.08. The summed E-state index contributed by atoms with van der Waals surface area (Å²) in [5, 5.41) is 18.2. The molecule has 0 aromatic heterocycles. The van der Waals surface area contributed by atoms with E-state index in [4.69, 9.17) is 14.8 Å². The normalized spacial score (nSPS) is 14.2. The largest absolute Gasteiger partial charge is 0.488 e. The molecular formula is C11H16BBrO3. The molecule has 88 valence electrons. The van der Waals surface area contributed by atoms with E-state index in [1.807, 2.05) is 12.1 Å². The van der Waals surface area contributed by atoms with Gasteiger partial charge in [-0.15, -0.1) is 0 Å². The van der Waals surface area contributed by atoms with E-state index < -0.39 is 7.12 Å². The van der Waals surface area contributed by atoms with Crippen LogP contribution in [0.3, 0.4) is 0 Å². The standard InChI is InChI=1S/C7H8BBrO2.C4H8O/c9-5-6-1-3-7(4-2-6)8(10)11;1-2-4-5-3-1/h1-4,10-11H,5H2;1-4H2. The Morgan fingerprint density at radius 1 is 1.12 bits per heavy atom. The number of hydrogen-bond acceptors (Lipinski definition) is 3. The summed E-state index contributed by atoms with van der Waals surface area (Å²) in [6.45, 7) is 2.00. The van der Waals surface area contributed by atoms with Gasteiger partial charge in [-0.3, -0.25) is 0 Å². The highest BCUT2D eigenvalue weighted by atomic mass is 79.9. The smallest absolute Gasteiger partial charge is 0.423 e. The van der Waals surface area contributed by atoms with E-state index in [1.165, 1.54) is 12.8 Å². The summed E-state index contributed by atoms with van der Waals surface area (Å²) < 4.78 is 4.94. The zero-order valence-electron chi connectivity index (χ0n) is 9.10. The SMILES string of the molecule is C1CCOC1.OB(O)c1ccc(CBr)cc1. The van der Waals surface area contributed by atoms with Crippen LogP contribution in [0.25, 0.3) is 0 Å². The fourth-order valence-corrected chi connectivity index (χ4v) is 1.66. The Labute approximate surface area is 105 Å². The third-order valence-electron chi connectivity index (χ3n) is 2.26. The summed E-state index contributed by atoms with van der Waals surface area (Å²) in [7, 11) is -1.36. The van der Waals surface area contributed by atoms with Crippen molar-refractivity contribution in [2.45, 2.75) is 18.2 Å². The Bertz CT molecular complexity index is 278. The number of rotatable bonds is 2. The second-order valence-corrected chi connectivity index (χ2v) is 4.13. The minimum Gasteiger partial charge on any atom is -0.423 e. The Morgan fingerprint density at radius 2 is 1.69 bits per heavy atom. The molecule has 1 fully saturated rings. The Hall–Kier alpha value is -0.355. The molecule has 2 N–H and O–H groups in total. The number of hydrogen-bond donors (Lipinski definition) is 2. The van der Waals surface area contributed by atoms with E-state index in [0.29, 0.717) is 5.46 Å². The van der Waals surface area contributed by atoms with Crippen LogP contribution in [0.1, 0.15) is 18.4 Å². The summed E-state index contributed by atoms with van der Waals surface area (Å²) in [6, 6.07) is 7.09. The van der Waals surface area contributed by atoms with Crippen molar-refractivity contribution in [2.24, 2.45) is 0 Å². The lowest BCUT2D eigenvalue weighted by atomic mass is 9.80. The summed E-state index contributed by atoms with van der Waals surface area (Å²) >= 11 is 3.29. The van der Waals surface area contributed by atoms with Gasteiger partial charge < -0.3 is 14.8 Å². The lowest BCUT2D eigenvalue weighted by molar-refractivity contribution is 0.198. The third-order valence-corrected chi connectivity index (χ3v) is 2.91. The molecule has 2 rings (SSSR count). The van der Waals surface area contributed by atoms with Gasteiger partial charge in [-0.2, -0.15) is 0 Å². The highest BCUT2D eigenvalue weighted by Crippen LogP contribution is 2.02. The molecule has 0 unspecified atom stereocenters. The van der Waals surface area contributed by atoms with Crippen molar-refractivity contribution in [2.75, 3.05) is 13.2 Å². The fourth-order valence-electron chi connectivity index (χ4n) is 1.29. The number of benzene rings is 1. The van der Waals surface area contributed by atoms with Gasteiger partial charge in [0.05, 0.1) is 0 Å². The Kier molecular flexibility index (Phi) is 6.72. The van der Waals surface area contributed by atoms with Crippen molar-refractivity contribution in [3.8, 4) is 0 Å². The lowest BCUT2D eigenvalue weighted by Crippen LogP contribution is -2.29. The molecule has 0 atom stereocenters. The van der Waals surface area contributed by atoms with Gasteiger partial charge in [0.15, 0.2) is 0 Å². The topological polar surface area (TPSA) is 49.7 Å². The summed E-state index contributed by atoms with van der Waals surface area (Å²) in [4.78, 5) is 0. The van der Waals surface area contributed by atoms with Gasteiger partial charge in [0.1, 0.15) is 0 Å². The molecule has 1 aliphatic rings. The first kappa shape index (κ1) is 13.7. The van der Waals surface area contributed by atoms with E-state index in [1.54, 1.807) is 12.1 Å². The molecule has 5 heteroatoms. The molecule has 0 amide bonds. The lowest BCUT2D eigenvalue weighted by Gasteiger charge is -1.99. The zero-order chi connectivity index (χ0) is 11.8. The first-order valence-corrected chi connectivity index (χ1v) is 6.45. The van der Waals surface area contributed by atoms with Crippen LogP contribution >= 0.6 is 15.9 Å². The minimum atomic E-state index is -1.36. The van der Waals surface area contributed by atoms with Crippen molar-refractivity contribution in [1.82, 2.24) is 0 Å². The quantitative estimate of drug-likeness (QED) is 0.631. The number of ether oxygens (including phenoxy) is 1. The molecule has 0 bridgehead atoms. The van der Waals surface area contributed by atoms with E-state index in [-0.39, 0.29) is 0 Å². The van der Waals surface area contributed by atoms with Crippen LogP contribution in [0, 0.1) is 0 Å². The molecule has 1 aliphatic heterocycles. The monoisotopic (exact) mass is 286 g/mol. The number of halogens is 1.